The lowest BCUT2D eigenvalue weighted by Gasteiger charge is -2.17. The van der Waals surface area contributed by atoms with E-state index in [0.29, 0.717) is 18.0 Å². The minimum Gasteiger partial charge on any atom is -0.387 e. The van der Waals surface area contributed by atoms with E-state index in [-0.39, 0.29) is 11.5 Å². The van der Waals surface area contributed by atoms with Crippen LogP contribution in [0.2, 0.25) is 0 Å². The van der Waals surface area contributed by atoms with Crippen LogP contribution >= 0.6 is 0 Å². The molecule has 24 heavy (non-hydrogen) atoms. The first-order valence-electron chi connectivity index (χ1n) is 8.03. The molecule has 0 saturated carbocycles. The van der Waals surface area contributed by atoms with E-state index in [0.717, 1.165) is 25.2 Å². The molecule has 1 unspecified atom stereocenters. The molecular weight excluding hydrogens is 306 g/mol. The first-order chi connectivity index (χ1) is 11.6. The molecule has 1 saturated heterocycles. The molecule has 1 atom stereocenters. The summed E-state index contributed by atoms with van der Waals surface area (Å²) in [5, 5.41) is 14.4. The van der Waals surface area contributed by atoms with E-state index in [1.54, 1.807) is 10.7 Å². The van der Waals surface area contributed by atoms with Gasteiger partial charge in [0.25, 0.3) is 5.91 Å². The maximum Gasteiger partial charge on any atom is 0.274 e. The average Bonchev–Trinajstić information content (AvgIpc) is 3.31. The molecule has 0 radical (unpaired) electrons. The summed E-state index contributed by atoms with van der Waals surface area (Å²) in [4.78, 5) is 17.9. The van der Waals surface area contributed by atoms with Gasteiger partial charge in [0, 0.05) is 31.6 Å². The van der Waals surface area contributed by atoms with E-state index >= 15 is 0 Å². The molecule has 3 heterocycles. The quantitative estimate of drug-likeness (QED) is 0.899. The van der Waals surface area contributed by atoms with Crippen molar-refractivity contribution in [2.45, 2.75) is 25.4 Å². The number of carbonyl (C=O) groups is 1. The third kappa shape index (κ3) is 2.78. The van der Waals surface area contributed by atoms with Crippen LogP contribution in [-0.4, -0.2) is 40.1 Å². The number of carbonyl (C=O) groups excluding carboxylic acids is 1. The van der Waals surface area contributed by atoms with Crippen molar-refractivity contribution in [2.24, 2.45) is 5.16 Å². The lowest BCUT2D eigenvalue weighted by molar-refractivity contribution is -0.110. The summed E-state index contributed by atoms with van der Waals surface area (Å²) in [6.07, 6.45) is 3.22. The van der Waals surface area contributed by atoms with E-state index in [9.17, 15) is 4.79 Å². The smallest absolute Gasteiger partial charge is 0.274 e. The molecule has 0 aliphatic carbocycles. The molecule has 1 spiro atoms. The van der Waals surface area contributed by atoms with Crippen LogP contribution in [0.4, 0.5) is 5.82 Å². The maximum absolute atomic E-state index is 12.4. The van der Waals surface area contributed by atoms with Gasteiger partial charge in [-0.15, -0.1) is 0 Å². The number of aryl methyl sites for hydroxylation is 1. The molecule has 7 heteroatoms. The number of hydrogen-bond donors (Lipinski definition) is 2. The Labute approximate surface area is 139 Å². The van der Waals surface area contributed by atoms with Gasteiger partial charge in [-0.2, -0.15) is 5.10 Å². The summed E-state index contributed by atoms with van der Waals surface area (Å²) in [6, 6.07) is 9.78. The summed E-state index contributed by atoms with van der Waals surface area (Å²) in [5.74, 6) is 0.238. The largest absolute Gasteiger partial charge is 0.387 e. The molecule has 1 fully saturated rings. The van der Waals surface area contributed by atoms with Crippen molar-refractivity contribution in [3.63, 3.8) is 0 Å². The van der Waals surface area contributed by atoms with Crippen LogP contribution in [0.15, 0.2) is 41.7 Å². The zero-order chi connectivity index (χ0) is 16.6. The van der Waals surface area contributed by atoms with Gasteiger partial charge in [0.05, 0.1) is 5.69 Å². The fourth-order valence-corrected chi connectivity index (χ4v) is 3.01. The number of hydrogen-bond acceptors (Lipinski definition) is 5. The molecular formula is C17H19N5O2. The Kier molecular flexibility index (Phi) is 3.57. The Balaban J connectivity index is 1.42. The Morgan fingerprint density at radius 3 is 2.92 bits per heavy atom. The number of oxime groups is 1. The maximum atomic E-state index is 12.4. The Morgan fingerprint density at radius 1 is 1.33 bits per heavy atom. The van der Waals surface area contributed by atoms with Gasteiger partial charge in [-0.3, -0.25) is 4.79 Å². The minimum atomic E-state index is -0.339. The highest BCUT2D eigenvalue weighted by Gasteiger charge is 2.43. The van der Waals surface area contributed by atoms with E-state index in [1.807, 2.05) is 37.4 Å². The lowest BCUT2D eigenvalue weighted by atomic mass is 9.96. The average molecular weight is 325 g/mol. The van der Waals surface area contributed by atoms with Gasteiger partial charge < -0.3 is 15.5 Å². The second-order valence-electron chi connectivity index (χ2n) is 6.35. The van der Waals surface area contributed by atoms with Crippen molar-refractivity contribution < 1.29 is 9.63 Å². The van der Waals surface area contributed by atoms with Crippen molar-refractivity contribution >= 4 is 17.4 Å². The number of aromatic nitrogens is 2. The van der Waals surface area contributed by atoms with Gasteiger partial charge in [-0.1, -0.05) is 22.9 Å². The van der Waals surface area contributed by atoms with Crippen molar-refractivity contribution in [3.8, 4) is 5.69 Å². The Morgan fingerprint density at radius 2 is 2.17 bits per heavy atom. The predicted octanol–water partition coefficient (Wildman–Crippen LogP) is 1.63. The summed E-state index contributed by atoms with van der Waals surface area (Å²) in [7, 11) is 0. The topological polar surface area (TPSA) is 80.5 Å². The van der Waals surface area contributed by atoms with Gasteiger partial charge >= 0.3 is 0 Å². The van der Waals surface area contributed by atoms with E-state index in [4.69, 9.17) is 4.84 Å². The molecule has 2 N–H and O–H groups in total. The minimum absolute atomic E-state index is 0.257. The summed E-state index contributed by atoms with van der Waals surface area (Å²) < 4.78 is 1.73. The third-order valence-corrected chi connectivity index (χ3v) is 4.43. The molecule has 7 nitrogen and oxygen atoms in total. The third-order valence-electron chi connectivity index (χ3n) is 4.43. The van der Waals surface area contributed by atoms with E-state index in [2.05, 4.69) is 20.9 Å². The Bertz CT molecular complexity index is 788. The summed E-state index contributed by atoms with van der Waals surface area (Å²) >= 11 is 0. The zero-order valence-corrected chi connectivity index (χ0v) is 13.5. The van der Waals surface area contributed by atoms with Crippen LogP contribution in [-0.2, 0) is 9.63 Å². The SMILES string of the molecule is Cc1ccc(-n2ccc(NC(=O)C3=NOC4(CCNC4)C3)n2)cc1. The molecule has 1 aromatic heterocycles. The van der Waals surface area contributed by atoms with Gasteiger partial charge in [0.15, 0.2) is 11.4 Å². The summed E-state index contributed by atoms with van der Waals surface area (Å²) in [5.41, 5.74) is 2.21. The van der Waals surface area contributed by atoms with Crippen LogP contribution in [0.5, 0.6) is 0 Å². The number of benzene rings is 1. The van der Waals surface area contributed by atoms with Crippen LogP contribution in [0.1, 0.15) is 18.4 Å². The monoisotopic (exact) mass is 325 g/mol. The summed E-state index contributed by atoms with van der Waals surface area (Å²) in [6.45, 7) is 3.66. The molecule has 2 aliphatic rings. The zero-order valence-electron chi connectivity index (χ0n) is 13.5. The molecule has 124 valence electrons. The Hall–Kier alpha value is -2.67. The standard InChI is InChI=1S/C17H19N5O2/c1-12-2-4-13(5-3-12)22-9-6-15(20-22)19-16(23)14-10-17(24-21-14)7-8-18-11-17/h2-6,9,18H,7-8,10-11H2,1H3,(H,19,20,23). The first kappa shape index (κ1) is 14.9. The van der Waals surface area contributed by atoms with Crippen molar-refractivity contribution in [3.05, 3.63) is 42.1 Å². The van der Waals surface area contributed by atoms with Crippen LogP contribution in [0.3, 0.4) is 0 Å². The van der Waals surface area contributed by atoms with Gasteiger partial charge in [0.2, 0.25) is 0 Å². The second-order valence-corrected chi connectivity index (χ2v) is 6.35. The van der Waals surface area contributed by atoms with Crippen LogP contribution in [0, 0.1) is 6.92 Å². The van der Waals surface area contributed by atoms with Gasteiger partial charge in [-0.05, 0) is 25.6 Å². The second kappa shape index (κ2) is 5.76. The highest BCUT2D eigenvalue weighted by atomic mass is 16.7. The van der Waals surface area contributed by atoms with Crippen LogP contribution < -0.4 is 10.6 Å². The molecule has 1 amide bonds. The molecule has 4 rings (SSSR count). The van der Waals surface area contributed by atoms with Gasteiger partial charge in [0.1, 0.15) is 5.71 Å². The number of anilines is 1. The number of amides is 1. The molecule has 0 bridgehead atoms. The van der Waals surface area contributed by atoms with E-state index < -0.39 is 0 Å². The fraction of sp³-hybridized carbons (Fsp3) is 0.353. The van der Waals surface area contributed by atoms with Crippen molar-refractivity contribution in [1.29, 1.82) is 0 Å². The van der Waals surface area contributed by atoms with Crippen LogP contribution in [0.25, 0.3) is 5.69 Å². The number of rotatable bonds is 3. The number of nitrogens with zero attached hydrogens (tertiary/aromatic N) is 3. The fourth-order valence-electron chi connectivity index (χ4n) is 3.01. The van der Waals surface area contributed by atoms with Crippen molar-refractivity contribution in [1.82, 2.24) is 15.1 Å². The lowest BCUT2D eigenvalue weighted by Crippen LogP contribution is -2.33. The predicted molar refractivity (Wildman–Crippen MR) is 90.3 cm³/mol. The van der Waals surface area contributed by atoms with Crippen molar-refractivity contribution in [2.75, 3.05) is 18.4 Å². The number of nitrogens with one attached hydrogen (secondary N) is 2. The molecule has 2 aromatic rings. The first-order valence-corrected chi connectivity index (χ1v) is 8.03. The highest BCUT2D eigenvalue weighted by molar-refractivity contribution is 6.43. The molecule has 1 aromatic carbocycles. The molecule has 2 aliphatic heterocycles. The van der Waals surface area contributed by atoms with Gasteiger partial charge in [-0.25, -0.2) is 4.68 Å². The van der Waals surface area contributed by atoms with E-state index in [1.165, 1.54) is 5.56 Å². The highest BCUT2D eigenvalue weighted by Crippen LogP contribution is 2.30. The normalized spacial score (nSPS) is 22.5.